The first-order chi connectivity index (χ1) is 11.5. The highest BCUT2D eigenvalue weighted by molar-refractivity contribution is 7.14. The van der Waals surface area contributed by atoms with Gasteiger partial charge in [-0.3, -0.25) is 10.1 Å². The van der Waals surface area contributed by atoms with Crippen molar-refractivity contribution in [3.63, 3.8) is 0 Å². The van der Waals surface area contributed by atoms with E-state index in [-0.39, 0.29) is 11.5 Å². The zero-order valence-corrected chi connectivity index (χ0v) is 13.3. The number of carbonyl (C=O) groups excluding carboxylic acids is 1. The maximum Gasteiger partial charge on any atom is 0.280 e. The number of anilines is 1. The van der Waals surface area contributed by atoms with Crippen LogP contribution in [0.1, 0.15) is 28.4 Å². The number of rotatable bonds is 4. The number of benzene rings is 1. The molecule has 2 aromatic heterocycles. The van der Waals surface area contributed by atoms with E-state index in [1.165, 1.54) is 18.3 Å². The third-order valence-electron chi connectivity index (χ3n) is 3.11. The monoisotopic (exact) mass is 346 g/mol. The van der Waals surface area contributed by atoms with Crippen LogP contribution in [0.15, 0.2) is 41.8 Å². The molecule has 2 heterocycles. The van der Waals surface area contributed by atoms with E-state index in [0.29, 0.717) is 5.13 Å². The van der Waals surface area contributed by atoms with Crippen LogP contribution in [0, 0.1) is 6.92 Å². The minimum atomic E-state index is -2.76. The van der Waals surface area contributed by atoms with Crippen LogP contribution in [0.5, 0.6) is 0 Å². The van der Waals surface area contributed by atoms with E-state index in [9.17, 15) is 13.6 Å². The van der Waals surface area contributed by atoms with Gasteiger partial charge in [-0.1, -0.05) is 30.3 Å². The fourth-order valence-corrected chi connectivity index (χ4v) is 2.77. The number of hydrogen-bond acceptors (Lipinski definition) is 5. The quantitative estimate of drug-likeness (QED) is 0.772. The Morgan fingerprint density at radius 1 is 1.17 bits per heavy atom. The number of amides is 1. The van der Waals surface area contributed by atoms with Crippen molar-refractivity contribution in [1.29, 1.82) is 0 Å². The van der Waals surface area contributed by atoms with Crippen molar-refractivity contribution >= 4 is 22.4 Å². The summed E-state index contributed by atoms with van der Waals surface area (Å²) in [5, 5.41) is 4.75. The summed E-state index contributed by atoms with van der Waals surface area (Å²) < 4.78 is 25.6. The Bertz CT molecular complexity index is 868. The molecule has 8 heteroatoms. The Labute approximate surface area is 140 Å². The SMILES string of the molecule is Cc1nc(C(=O)Nc2nc(-c3ccccc3)cs2)cc(C(F)F)n1. The van der Waals surface area contributed by atoms with Gasteiger partial charge in [0.2, 0.25) is 0 Å². The molecule has 3 rings (SSSR count). The van der Waals surface area contributed by atoms with Gasteiger partial charge in [0.15, 0.2) is 5.13 Å². The standard InChI is InChI=1S/C16H12F2N4OS/c1-9-19-11(14(17)18)7-12(20-9)15(23)22-16-21-13(8-24-16)10-5-3-2-4-6-10/h2-8,14H,1H3,(H,21,22,23). The largest absolute Gasteiger partial charge is 0.296 e. The molecule has 0 saturated carbocycles. The number of thiazole rings is 1. The summed E-state index contributed by atoms with van der Waals surface area (Å²) in [7, 11) is 0. The molecule has 0 saturated heterocycles. The third-order valence-corrected chi connectivity index (χ3v) is 3.87. The van der Waals surface area contributed by atoms with Gasteiger partial charge >= 0.3 is 0 Å². The number of alkyl halides is 2. The molecular weight excluding hydrogens is 334 g/mol. The van der Waals surface area contributed by atoms with Gasteiger partial charge in [0.25, 0.3) is 12.3 Å². The second kappa shape index (κ2) is 6.79. The number of nitrogens with zero attached hydrogens (tertiary/aromatic N) is 3. The van der Waals surface area contributed by atoms with Gasteiger partial charge in [-0.15, -0.1) is 11.3 Å². The highest BCUT2D eigenvalue weighted by Gasteiger charge is 2.17. The van der Waals surface area contributed by atoms with E-state index >= 15 is 0 Å². The second-order valence-corrected chi connectivity index (χ2v) is 5.74. The van der Waals surface area contributed by atoms with E-state index in [1.807, 2.05) is 30.3 Å². The van der Waals surface area contributed by atoms with Crippen molar-refractivity contribution in [1.82, 2.24) is 15.0 Å². The van der Waals surface area contributed by atoms with Crippen LogP contribution in [0.4, 0.5) is 13.9 Å². The van der Waals surface area contributed by atoms with Gasteiger partial charge in [-0.2, -0.15) is 0 Å². The molecule has 0 fully saturated rings. The van der Waals surface area contributed by atoms with Crippen molar-refractivity contribution in [3.05, 3.63) is 59.0 Å². The first-order valence-corrected chi connectivity index (χ1v) is 7.87. The Balaban J connectivity index is 1.80. The topological polar surface area (TPSA) is 67.8 Å². The lowest BCUT2D eigenvalue weighted by atomic mass is 10.2. The number of nitrogens with one attached hydrogen (secondary N) is 1. The van der Waals surface area contributed by atoms with Crippen LogP contribution in [0.2, 0.25) is 0 Å². The Morgan fingerprint density at radius 2 is 1.92 bits per heavy atom. The number of halogens is 2. The average Bonchev–Trinajstić information content (AvgIpc) is 3.03. The molecule has 24 heavy (non-hydrogen) atoms. The molecular formula is C16H12F2N4OS. The van der Waals surface area contributed by atoms with Crippen LogP contribution in [-0.4, -0.2) is 20.9 Å². The highest BCUT2D eigenvalue weighted by Crippen LogP contribution is 2.25. The summed E-state index contributed by atoms with van der Waals surface area (Å²) in [6.45, 7) is 1.46. The summed E-state index contributed by atoms with van der Waals surface area (Å²) in [5.74, 6) is -0.488. The second-order valence-electron chi connectivity index (χ2n) is 4.88. The Hall–Kier alpha value is -2.74. The number of hydrogen-bond donors (Lipinski definition) is 1. The van der Waals surface area contributed by atoms with Gasteiger partial charge in [0, 0.05) is 10.9 Å². The van der Waals surface area contributed by atoms with E-state index in [2.05, 4.69) is 20.3 Å². The third kappa shape index (κ3) is 3.60. The highest BCUT2D eigenvalue weighted by atomic mass is 32.1. The van der Waals surface area contributed by atoms with Crippen LogP contribution >= 0.6 is 11.3 Å². The molecule has 3 aromatic rings. The maximum absolute atomic E-state index is 12.8. The summed E-state index contributed by atoms with van der Waals surface area (Å²) in [4.78, 5) is 24.0. The minimum Gasteiger partial charge on any atom is -0.296 e. The average molecular weight is 346 g/mol. The van der Waals surface area contributed by atoms with Crippen molar-refractivity contribution in [2.24, 2.45) is 0 Å². The summed E-state index contributed by atoms with van der Waals surface area (Å²) >= 11 is 1.25. The molecule has 0 spiro atoms. The van der Waals surface area contributed by atoms with E-state index in [4.69, 9.17) is 0 Å². The number of aryl methyl sites for hydroxylation is 1. The lowest BCUT2D eigenvalue weighted by Gasteiger charge is -2.05. The molecule has 1 N–H and O–H groups in total. The van der Waals surface area contributed by atoms with Crippen molar-refractivity contribution < 1.29 is 13.6 Å². The van der Waals surface area contributed by atoms with Gasteiger partial charge < -0.3 is 0 Å². The molecule has 0 bridgehead atoms. The normalized spacial score (nSPS) is 10.8. The molecule has 0 radical (unpaired) electrons. The zero-order valence-electron chi connectivity index (χ0n) is 12.5. The van der Waals surface area contributed by atoms with Gasteiger partial charge in [-0.25, -0.2) is 23.7 Å². The van der Waals surface area contributed by atoms with E-state index in [1.54, 1.807) is 5.38 Å². The van der Waals surface area contributed by atoms with Crippen molar-refractivity contribution in [3.8, 4) is 11.3 Å². The van der Waals surface area contributed by atoms with Crippen LogP contribution in [-0.2, 0) is 0 Å². The molecule has 0 aliphatic rings. The van der Waals surface area contributed by atoms with E-state index < -0.39 is 18.0 Å². The van der Waals surface area contributed by atoms with Crippen LogP contribution < -0.4 is 5.32 Å². The molecule has 1 aromatic carbocycles. The predicted octanol–water partition coefficient (Wildman–Crippen LogP) is 4.10. The Morgan fingerprint density at radius 3 is 2.62 bits per heavy atom. The molecule has 0 aliphatic carbocycles. The molecule has 0 atom stereocenters. The Kier molecular flexibility index (Phi) is 4.57. The first kappa shape index (κ1) is 16.1. The van der Waals surface area contributed by atoms with Crippen LogP contribution in [0.25, 0.3) is 11.3 Å². The minimum absolute atomic E-state index is 0.113. The summed E-state index contributed by atoms with van der Waals surface area (Å²) in [6.07, 6.45) is -2.76. The smallest absolute Gasteiger partial charge is 0.280 e. The maximum atomic E-state index is 12.8. The van der Waals surface area contributed by atoms with Crippen molar-refractivity contribution in [2.75, 3.05) is 5.32 Å². The van der Waals surface area contributed by atoms with Crippen LogP contribution in [0.3, 0.4) is 0 Å². The predicted molar refractivity (Wildman–Crippen MR) is 87.2 cm³/mol. The van der Waals surface area contributed by atoms with Gasteiger partial charge in [0.05, 0.1) is 5.69 Å². The lowest BCUT2D eigenvalue weighted by molar-refractivity contribution is 0.102. The summed E-state index contributed by atoms with van der Waals surface area (Å²) in [6, 6.07) is 10.5. The summed E-state index contributed by atoms with van der Waals surface area (Å²) in [5.41, 5.74) is 1.06. The molecule has 5 nitrogen and oxygen atoms in total. The van der Waals surface area contributed by atoms with Gasteiger partial charge in [-0.05, 0) is 13.0 Å². The van der Waals surface area contributed by atoms with E-state index in [0.717, 1.165) is 17.3 Å². The lowest BCUT2D eigenvalue weighted by Crippen LogP contribution is -2.15. The molecule has 1 amide bonds. The van der Waals surface area contributed by atoms with Crippen molar-refractivity contribution in [2.45, 2.75) is 13.3 Å². The fourth-order valence-electron chi connectivity index (χ4n) is 2.05. The molecule has 0 unspecified atom stereocenters. The van der Waals surface area contributed by atoms with Gasteiger partial charge in [0.1, 0.15) is 17.2 Å². The molecule has 122 valence electrons. The first-order valence-electron chi connectivity index (χ1n) is 6.99. The zero-order chi connectivity index (χ0) is 17.1. The number of carbonyl (C=O) groups is 1. The molecule has 0 aliphatic heterocycles. The number of aromatic nitrogens is 3. The fraction of sp³-hybridized carbons (Fsp3) is 0.125.